The van der Waals surface area contributed by atoms with E-state index in [1.807, 2.05) is 31.2 Å². The lowest BCUT2D eigenvalue weighted by atomic mass is 9.95. The first-order valence-corrected chi connectivity index (χ1v) is 11.6. The van der Waals surface area contributed by atoms with Gasteiger partial charge in [0.25, 0.3) is 0 Å². The van der Waals surface area contributed by atoms with Crippen LogP contribution in [0.4, 0.5) is 11.5 Å². The monoisotopic (exact) mass is 457 g/mol. The lowest BCUT2D eigenvalue weighted by Crippen LogP contribution is -2.21. The molecule has 0 fully saturated rings. The first-order chi connectivity index (χ1) is 16.5. The molecule has 0 aliphatic carbocycles. The Bertz CT molecular complexity index is 1120. The molecule has 1 aromatic carbocycles. The number of aliphatic hydroxyl groups excluding tert-OH is 1. The number of nitrogen functional groups attached to an aromatic ring is 1. The summed E-state index contributed by atoms with van der Waals surface area (Å²) in [6.07, 6.45) is 11.2. The Labute approximate surface area is 203 Å². The highest BCUT2D eigenvalue weighted by molar-refractivity contribution is 5.83. The van der Waals surface area contributed by atoms with Gasteiger partial charge in [-0.15, -0.1) is 0 Å². The van der Waals surface area contributed by atoms with Crippen LogP contribution in [0, 0.1) is 11.3 Å². The molecule has 0 amide bonds. The highest BCUT2D eigenvalue weighted by Gasteiger charge is 2.15. The molecule has 0 unspecified atom stereocenters. The van der Waals surface area contributed by atoms with Crippen molar-refractivity contribution in [1.82, 2.24) is 10.3 Å². The summed E-state index contributed by atoms with van der Waals surface area (Å²) in [6.45, 7) is 11.9. The van der Waals surface area contributed by atoms with Gasteiger partial charge in [0.1, 0.15) is 17.5 Å². The van der Waals surface area contributed by atoms with Gasteiger partial charge >= 0.3 is 0 Å². The number of nitrogens with one attached hydrogen (secondary N) is 2. The molecule has 0 aliphatic rings. The Hall–Kier alpha value is -3.82. The van der Waals surface area contributed by atoms with Crippen LogP contribution in [0.2, 0.25) is 0 Å². The zero-order valence-electron chi connectivity index (χ0n) is 20.4. The summed E-state index contributed by atoms with van der Waals surface area (Å²) in [5, 5.41) is 26.4. The molecule has 2 rings (SSSR count). The molecule has 0 saturated heterocycles. The maximum Gasteiger partial charge on any atom is 0.142 e. The second-order valence-electron chi connectivity index (χ2n) is 7.92. The Morgan fingerprint density at radius 2 is 2.03 bits per heavy atom. The molecule has 0 saturated carbocycles. The van der Waals surface area contributed by atoms with Gasteiger partial charge in [0.15, 0.2) is 0 Å². The number of aromatic nitrogens is 1. The van der Waals surface area contributed by atoms with Crippen molar-refractivity contribution < 1.29 is 5.11 Å². The number of nitrogens with zero attached hydrogens (tertiary/aromatic N) is 2. The Morgan fingerprint density at radius 3 is 2.68 bits per heavy atom. The van der Waals surface area contributed by atoms with Crippen molar-refractivity contribution in [2.24, 2.45) is 0 Å². The molecule has 34 heavy (non-hydrogen) atoms. The summed E-state index contributed by atoms with van der Waals surface area (Å²) in [6, 6.07) is 10.1. The van der Waals surface area contributed by atoms with Gasteiger partial charge in [-0.05, 0) is 55.6 Å². The molecule has 0 aliphatic heterocycles. The van der Waals surface area contributed by atoms with Gasteiger partial charge in [-0.25, -0.2) is 4.98 Å². The largest absolute Gasteiger partial charge is 0.515 e. The van der Waals surface area contributed by atoms with E-state index in [-0.39, 0.29) is 5.82 Å². The maximum atomic E-state index is 9.80. The highest BCUT2D eigenvalue weighted by Crippen LogP contribution is 2.33. The van der Waals surface area contributed by atoms with E-state index in [0.29, 0.717) is 28.9 Å². The summed E-state index contributed by atoms with van der Waals surface area (Å²) in [4.78, 5) is 4.35. The van der Waals surface area contributed by atoms with Crippen molar-refractivity contribution in [2.45, 2.75) is 40.0 Å². The molecule has 0 bridgehead atoms. The van der Waals surface area contributed by atoms with Crippen LogP contribution >= 0.6 is 0 Å². The minimum Gasteiger partial charge on any atom is -0.515 e. The molecule has 0 radical (unpaired) electrons. The summed E-state index contributed by atoms with van der Waals surface area (Å²) < 4.78 is 0. The van der Waals surface area contributed by atoms with Crippen LogP contribution < -0.4 is 16.4 Å². The maximum absolute atomic E-state index is 9.80. The summed E-state index contributed by atoms with van der Waals surface area (Å²) >= 11 is 0. The molecule has 1 heterocycles. The third kappa shape index (κ3) is 7.09. The summed E-state index contributed by atoms with van der Waals surface area (Å²) in [5.41, 5.74) is 11.9. The second kappa shape index (κ2) is 13.7. The number of hydrogen-bond donors (Lipinski definition) is 4. The van der Waals surface area contributed by atoms with Crippen molar-refractivity contribution >= 4 is 17.1 Å². The number of allylic oxidation sites excluding steroid dienone is 5. The molecule has 6 heteroatoms. The minimum atomic E-state index is 0.120. The number of pyridine rings is 1. The van der Waals surface area contributed by atoms with Crippen molar-refractivity contribution in [3.63, 3.8) is 0 Å². The third-order valence-corrected chi connectivity index (χ3v) is 5.19. The van der Waals surface area contributed by atoms with Crippen molar-refractivity contribution in [3.05, 3.63) is 83.9 Å². The van der Waals surface area contributed by atoms with Gasteiger partial charge in [0, 0.05) is 29.1 Å². The molecule has 1 aromatic heterocycles. The van der Waals surface area contributed by atoms with Gasteiger partial charge in [-0.1, -0.05) is 57.2 Å². The van der Waals surface area contributed by atoms with Gasteiger partial charge in [-0.3, -0.25) is 0 Å². The topological polar surface area (TPSA) is 107 Å². The molecule has 6 nitrogen and oxygen atoms in total. The van der Waals surface area contributed by atoms with Crippen molar-refractivity contribution in [3.8, 4) is 17.2 Å². The Balaban J connectivity index is 2.55. The van der Waals surface area contributed by atoms with E-state index in [2.05, 4.69) is 48.2 Å². The lowest BCUT2D eigenvalue weighted by molar-refractivity contribution is 0.476. The SMILES string of the molecule is C=C(CNCCC)Nc1cc(-c2cc(C(/C=C\C=C/C)=C\O)nc(N)c2C#N)ccc1CCC. The van der Waals surface area contributed by atoms with Gasteiger partial charge in [-0.2, -0.15) is 5.26 Å². The lowest BCUT2D eigenvalue weighted by Gasteiger charge is -2.17. The van der Waals surface area contributed by atoms with E-state index in [0.717, 1.165) is 49.0 Å². The predicted molar refractivity (Wildman–Crippen MR) is 143 cm³/mol. The van der Waals surface area contributed by atoms with Crippen LogP contribution in [0.25, 0.3) is 16.7 Å². The van der Waals surface area contributed by atoms with Crippen LogP contribution in [-0.4, -0.2) is 23.2 Å². The average Bonchev–Trinajstić information content (AvgIpc) is 2.83. The predicted octanol–water partition coefficient (Wildman–Crippen LogP) is 6.11. The van der Waals surface area contributed by atoms with Crippen molar-refractivity contribution in [1.29, 1.82) is 5.26 Å². The van der Waals surface area contributed by atoms with E-state index in [1.165, 1.54) is 5.56 Å². The van der Waals surface area contributed by atoms with E-state index in [9.17, 15) is 10.4 Å². The van der Waals surface area contributed by atoms with E-state index in [1.54, 1.807) is 18.2 Å². The van der Waals surface area contributed by atoms with Crippen LogP contribution in [0.5, 0.6) is 0 Å². The zero-order valence-corrected chi connectivity index (χ0v) is 20.4. The number of aryl methyl sites for hydroxylation is 1. The molecule has 0 atom stereocenters. The molecular weight excluding hydrogens is 422 g/mol. The second-order valence-corrected chi connectivity index (χ2v) is 7.92. The van der Waals surface area contributed by atoms with E-state index < -0.39 is 0 Å². The smallest absolute Gasteiger partial charge is 0.142 e. The molecule has 2 aromatic rings. The summed E-state index contributed by atoms with van der Waals surface area (Å²) in [5.74, 6) is 0.120. The molecule has 5 N–H and O–H groups in total. The normalized spacial score (nSPS) is 11.8. The van der Waals surface area contributed by atoms with Crippen LogP contribution in [-0.2, 0) is 6.42 Å². The Kier molecular flexibility index (Phi) is 10.6. The van der Waals surface area contributed by atoms with Crippen molar-refractivity contribution in [2.75, 3.05) is 24.1 Å². The van der Waals surface area contributed by atoms with Crippen LogP contribution in [0.1, 0.15) is 50.4 Å². The minimum absolute atomic E-state index is 0.120. The fourth-order valence-corrected chi connectivity index (χ4v) is 3.52. The summed E-state index contributed by atoms with van der Waals surface area (Å²) in [7, 11) is 0. The number of nitriles is 1. The van der Waals surface area contributed by atoms with Gasteiger partial charge in [0.05, 0.1) is 12.0 Å². The zero-order chi connectivity index (χ0) is 24.9. The van der Waals surface area contributed by atoms with Gasteiger partial charge in [0.2, 0.25) is 0 Å². The molecule has 0 spiro atoms. The number of anilines is 2. The average molecular weight is 458 g/mol. The first kappa shape index (κ1) is 26.4. The number of hydrogen-bond acceptors (Lipinski definition) is 6. The van der Waals surface area contributed by atoms with Crippen LogP contribution in [0.3, 0.4) is 0 Å². The first-order valence-electron chi connectivity index (χ1n) is 11.6. The third-order valence-electron chi connectivity index (χ3n) is 5.19. The number of aliphatic hydroxyl groups is 1. The van der Waals surface area contributed by atoms with E-state index in [4.69, 9.17) is 5.73 Å². The molecular formula is C28H35N5O. The highest BCUT2D eigenvalue weighted by atomic mass is 16.2. The Morgan fingerprint density at radius 1 is 1.24 bits per heavy atom. The van der Waals surface area contributed by atoms with Gasteiger partial charge < -0.3 is 21.5 Å². The molecule has 178 valence electrons. The fourth-order valence-electron chi connectivity index (χ4n) is 3.52. The number of benzene rings is 1. The quantitative estimate of drug-likeness (QED) is 0.174. The number of rotatable bonds is 12. The van der Waals surface area contributed by atoms with E-state index >= 15 is 0 Å². The standard InChI is InChI=1S/C28H35N5O/c1-5-8-9-11-23(19-34)27-16-24(25(17-29)28(30)33-27)22-13-12-21(10-6-2)26(15-22)32-20(4)18-31-14-7-3/h5,8-9,11-13,15-16,19,31-32,34H,4,6-7,10,14,18H2,1-3H3,(H2,30,33)/b8-5-,11-9-,23-19-. The fraction of sp³-hybridized carbons (Fsp3) is 0.286. The van der Waals surface area contributed by atoms with Crippen LogP contribution in [0.15, 0.2) is 67.1 Å². The number of nitrogens with two attached hydrogens (primary N) is 1.